The summed E-state index contributed by atoms with van der Waals surface area (Å²) in [5, 5.41) is 0. The highest BCUT2D eigenvalue weighted by atomic mass is 32.2. The van der Waals surface area contributed by atoms with Crippen molar-refractivity contribution in [3.8, 4) is 0 Å². The van der Waals surface area contributed by atoms with E-state index in [1.807, 2.05) is 20.8 Å². The van der Waals surface area contributed by atoms with Crippen LogP contribution in [-0.4, -0.2) is 37.5 Å². The molecule has 0 amide bonds. The minimum Gasteiger partial charge on any atom is -0.398 e. The molecule has 1 aromatic rings. The fraction of sp³-hybridized carbons (Fsp3) is 0.571. The maximum absolute atomic E-state index is 12.8. The summed E-state index contributed by atoms with van der Waals surface area (Å²) < 4.78 is 32.9. The van der Waals surface area contributed by atoms with Crippen molar-refractivity contribution in [1.29, 1.82) is 0 Å². The molecule has 0 bridgehead atoms. The maximum atomic E-state index is 12.8. The van der Waals surface area contributed by atoms with Gasteiger partial charge in [0.2, 0.25) is 10.0 Å². The Morgan fingerprint density at radius 3 is 2.65 bits per heavy atom. The molecule has 1 atom stereocenters. The maximum Gasteiger partial charge on any atom is 0.243 e. The number of rotatable bonds is 2. The van der Waals surface area contributed by atoms with Crippen LogP contribution in [0, 0.1) is 6.92 Å². The first-order chi connectivity index (χ1) is 9.13. The molecule has 1 aliphatic heterocycles. The molecule has 1 heterocycles. The Labute approximate surface area is 120 Å². The molecule has 0 aromatic heterocycles. The molecular formula is C14H22N2O3S. The summed E-state index contributed by atoms with van der Waals surface area (Å²) in [5.41, 5.74) is 6.43. The van der Waals surface area contributed by atoms with Crippen LogP contribution in [-0.2, 0) is 14.8 Å². The first kappa shape index (κ1) is 15.3. The van der Waals surface area contributed by atoms with Crippen molar-refractivity contribution < 1.29 is 13.2 Å². The molecule has 0 spiro atoms. The van der Waals surface area contributed by atoms with E-state index in [9.17, 15) is 8.42 Å². The third-order valence-corrected chi connectivity index (χ3v) is 5.44. The summed E-state index contributed by atoms with van der Waals surface area (Å²) in [6.07, 6.45) is -0.130. The van der Waals surface area contributed by atoms with Crippen molar-refractivity contribution in [2.24, 2.45) is 0 Å². The zero-order chi connectivity index (χ0) is 15.1. The lowest BCUT2D eigenvalue weighted by Crippen LogP contribution is -2.53. The number of hydrogen-bond donors (Lipinski definition) is 1. The molecule has 2 N–H and O–H groups in total. The zero-order valence-electron chi connectivity index (χ0n) is 12.4. The van der Waals surface area contributed by atoms with Gasteiger partial charge in [-0.15, -0.1) is 0 Å². The first-order valence-electron chi connectivity index (χ1n) is 6.66. The Bertz CT molecular complexity index is 611. The standard InChI is InChI=1S/C14H22N2O3S/c1-10-8-16(9-14(3,4)19-10)20(17,18)13-7-5-6-12(15)11(13)2/h5-7,10H,8-9,15H2,1-4H3. The van der Waals surface area contributed by atoms with Crippen molar-refractivity contribution in [3.05, 3.63) is 23.8 Å². The van der Waals surface area contributed by atoms with Crippen LogP contribution < -0.4 is 5.73 Å². The van der Waals surface area contributed by atoms with Gasteiger partial charge in [-0.1, -0.05) is 6.07 Å². The van der Waals surface area contributed by atoms with Crippen LogP contribution in [0.3, 0.4) is 0 Å². The molecule has 20 heavy (non-hydrogen) atoms. The predicted octanol–water partition coefficient (Wildman–Crippen LogP) is 1.77. The summed E-state index contributed by atoms with van der Waals surface area (Å²) in [6, 6.07) is 4.98. The largest absolute Gasteiger partial charge is 0.398 e. The third-order valence-electron chi connectivity index (χ3n) is 3.48. The molecule has 0 radical (unpaired) electrons. The van der Waals surface area contributed by atoms with Gasteiger partial charge in [-0.3, -0.25) is 0 Å². The quantitative estimate of drug-likeness (QED) is 0.845. The van der Waals surface area contributed by atoms with Gasteiger partial charge >= 0.3 is 0 Å². The summed E-state index contributed by atoms with van der Waals surface area (Å²) in [5.74, 6) is 0. The molecule has 5 nitrogen and oxygen atoms in total. The van der Waals surface area contributed by atoms with Crippen LogP contribution in [0.25, 0.3) is 0 Å². The number of benzene rings is 1. The van der Waals surface area contributed by atoms with E-state index in [1.54, 1.807) is 25.1 Å². The van der Waals surface area contributed by atoms with E-state index < -0.39 is 15.6 Å². The highest BCUT2D eigenvalue weighted by molar-refractivity contribution is 7.89. The second-order valence-corrected chi connectivity index (χ2v) is 7.86. The van der Waals surface area contributed by atoms with E-state index >= 15 is 0 Å². The summed E-state index contributed by atoms with van der Waals surface area (Å²) in [4.78, 5) is 0.280. The molecule has 6 heteroatoms. The minimum atomic E-state index is -3.55. The minimum absolute atomic E-state index is 0.130. The van der Waals surface area contributed by atoms with Crippen LogP contribution >= 0.6 is 0 Å². The molecule has 1 aliphatic rings. The van der Waals surface area contributed by atoms with Crippen molar-refractivity contribution in [1.82, 2.24) is 4.31 Å². The first-order valence-corrected chi connectivity index (χ1v) is 8.10. The van der Waals surface area contributed by atoms with Crippen molar-refractivity contribution in [3.63, 3.8) is 0 Å². The number of anilines is 1. The Morgan fingerprint density at radius 1 is 1.40 bits per heavy atom. The average Bonchev–Trinajstić information content (AvgIpc) is 2.29. The summed E-state index contributed by atoms with van der Waals surface area (Å²) >= 11 is 0. The van der Waals surface area contributed by atoms with Gasteiger partial charge in [-0.05, 0) is 45.4 Å². The lowest BCUT2D eigenvalue weighted by atomic mass is 10.1. The monoisotopic (exact) mass is 298 g/mol. The normalized spacial score (nSPS) is 23.7. The SMILES string of the molecule is Cc1c(N)cccc1S(=O)(=O)N1CC(C)OC(C)(C)C1. The highest BCUT2D eigenvalue weighted by Gasteiger charge is 2.38. The van der Waals surface area contributed by atoms with Crippen LogP contribution in [0.1, 0.15) is 26.3 Å². The van der Waals surface area contributed by atoms with Gasteiger partial charge < -0.3 is 10.5 Å². The topological polar surface area (TPSA) is 72.6 Å². The molecule has 1 saturated heterocycles. The Morgan fingerprint density at radius 2 is 2.05 bits per heavy atom. The van der Waals surface area contributed by atoms with E-state index in [0.29, 0.717) is 24.3 Å². The number of ether oxygens (including phenoxy) is 1. The molecule has 0 saturated carbocycles. The highest BCUT2D eigenvalue weighted by Crippen LogP contribution is 2.29. The molecule has 1 fully saturated rings. The third kappa shape index (κ3) is 2.82. The van der Waals surface area contributed by atoms with E-state index in [0.717, 1.165) is 0 Å². The number of nitrogen functional groups attached to an aromatic ring is 1. The van der Waals surface area contributed by atoms with Crippen molar-refractivity contribution in [2.45, 2.75) is 44.3 Å². The van der Waals surface area contributed by atoms with Crippen LogP contribution in [0.15, 0.2) is 23.1 Å². The Hall–Kier alpha value is -1.11. The lowest BCUT2D eigenvalue weighted by molar-refractivity contribution is -0.109. The van der Waals surface area contributed by atoms with E-state index in [-0.39, 0.29) is 11.0 Å². The van der Waals surface area contributed by atoms with Crippen LogP contribution in [0.5, 0.6) is 0 Å². The fourth-order valence-electron chi connectivity index (χ4n) is 2.63. The predicted molar refractivity (Wildman–Crippen MR) is 79.0 cm³/mol. The smallest absolute Gasteiger partial charge is 0.243 e. The number of sulfonamides is 1. The van der Waals surface area contributed by atoms with Gasteiger partial charge in [-0.25, -0.2) is 8.42 Å². The van der Waals surface area contributed by atoms with Gasteiger partial charge in [0.05, 0.1) is 16.6 Å². The molecular weight excluding hydrogens is 276 g/mol. The number of nitrogens with zero attached hydrogens (tertiary/aromatic N) is 1. The van der Waals surface area contributed by atoms with Gasteiger partial charge in [0.25, 0.3) is 0 Å². The van der Waals surface area contributed by atoms with E-state index in [1.165, 1.54) is 4.31 Å². The average molecular weight is 298 g/mol. The van der Waals surface area contributed by atoms with E-state index in [2.05, 4.69) is 0 Å². The lowest BCUT2D eigenvalue weighted by Gasteiger charge is -2.41. The fourth-order valence-corrected chi connectivity index (χ4v) is 4.55. The van der Waals surface area contributed by atoms with Gasteiger partial charge in [0.1, 0.15) is 0 Å². The molecule has 0 aliphatic carbocycles. The van der Waals surface area contributed by atoms with Crippen molar-refractivity contribution >= 4 is 15.7 Å². The second kappa shape index (κ2) is 5.02. The Balaban J connectivity index is 2.42. The number of hydrogen-bond acceptors (Lipinski definition) is 4. The Kier molecular flexibility index (Phi) is 3.83. The number of morpholine rings is 1. The molecule has 2 rings (SSSR count). The van der Waals surface area contributed by atoms with Crippen LogP contribution in [0.2, 0.25) is 0 Å². The summed E-state index contributed by atoms with van der Waals surface area (Å²) in [7, 11) is -3.55. The summed E-state index contributed by atoms with van der Waals surface area (Å²) in [6.45, 7) is 8.12. The zero-order valence-corrected chi connectivity index (χ0v) is 13.2. The van der Waals surface area contributed by atoms with Gasteiger partial charge in [0, 0.05) is 18.8 Å². The van der Waals surface area contributed by atoms with Crippen molar-refractivity contribution in [2.75, 3.05) is 18.8 Å². The molecule has 1 aromatic carbocycles. The molecule has 1 unspecified atom stereocenters. The van der Waals surface area contributed by atoms with Gasteiger partial charge in [0.15, 0.2) is 0 Å². The number of nitrogens with two attached hydrogens (primary N) is 1. The molecule has 112 valence electrons. The van der Waals surface area contributed by atoms with Crippen LogP contribution in [0.4, 0.5) is 5.69 Å². The second-order valence-electron chi connectivity index (χ2n) is 5.96. The van der Waals surface area contributed by atoms with Gasteiger partial charge in [-0.2, -0.15) is 4.31 Å². The van der Waals surface area contributed by atoms with E-state index in [4.69, 9.17) is 10.5 Å².